The highest BCUT2D eigenvalue weighted by atomic mass is 35.5. The first-order valence-corrected chi connectivity index (χ1v) is 10.1. The minimum absolute atomic E-state index is 0. The number of likely N-dealkylation sites (tertiary alicyclic amines) is 1. The number of carbonyl (C=O) groups is 1. The SMILES string of the molecule is CC1CCCN1C(=O)CCN1CCN(c2ncnc3sccc23)CC1.Cl. The topological polar surface area (TPSA) is 52.6 Å². The van der Waals surface area contributed by atoms with Gasteiger partial charge in [0.2, 0.25) is 5.91 Å². The van der Waals surface area contributed by atoms with Gasteiger partial charge in [-0.1, -0.05) is 0 Å². The molecule has 1 amide bonds. The molecule has 0 N–H and O–H groups in total. The first-order valence-electron chi connectivity index (χ1n) is 9.17. The molecule has 0 aromatic carbocycles. The predicted octanol–water partition coefficient (Wildman–Crippen LogP) is 2.64. The quantitative estimate of drug-likeness (QED) is 0.796. The molecule has 26 heavy (non-hydrogen) atoms. The number of fused-ring (bicyclic) bond motifs is 1. The van der Waals surface area contributed by atoms with Gasteiger partial charge in [0.1, 0.15) is 17.0 Å². The van der Waals surface area contributed by atoms with Crippen LogP contribution in [0.25, 0.3) is 10.2 Å². The third-order valence-corrected chi connectivity index (χ3v) is 6.25. The fraction of sp³-hybridized carbons (Fsp3) is 0.611. The Morgan fingerprint density at radius 1 is 1.23 bits per heavy atom. The van der Waals surface area contributed by atoms with Gasteiger partial charge in [0.15, 0.2) is 0 Å². The predicted molar refractivity (Wildman–Crippen MR) is 108 cm³/mol. The minimum Gasteiger partial charge on any atom is -0.353 e. The van der Waals surface area contributed by atoms with Crippen LogP contribution in [0.3, 0.4) is 0 Å². The van der Waals surface area contributed by atoms with Crippen LogP contribution in [0.5, 0.6) is 0 Å². The highest BCUT2D eigenvalue weighted by molar-refractivity contribution is 7.16. The molecule has 2 fully saturated rings. The molecule has 1 atom stereocenters. The van der Waals surface area contributed by atoms with E-state index in [1.54, 1.807) is 17.7 Å². The fourth-order valence-electron chi connectivity index (χ4n) is 3.91. The van der Waals surface area contributed by atoms with E-state index in [0.29, 0.717) is 18.4 Å². The van der Waals surface area contributed by atoms with Crippen LogP contribution in [-0.4, -0.2) is 71.0 Å². The van der Waals surface area contributed by atoms with Crippen LogP contribution < -0.4 is 4.90 Å². The lowest BCUT2D eigenvalue weighted by Crippen LogP contribution is -2.47. The van der Waals surface area contributed by atoms with E-state index in [-0.39, 0.29) is 12.4 Å². The summed E-state index contributed by atoms with van der Waals surface area (Å²) < 4.78 is 0. The molecule has 1 unspecified atom stereocenters. The Morgan fingerprint density at radius 3 is 2.77 bits per heavy atom. The first-order chi connectivity index (χ1) is 12.2. The summed E-state index contributed by atoms with van der Waals surface area (Å²) in [5.41, 5.74) is 0. The van der Waals surface area contributed by atoms with Gasteiger partial charge in [-0.15, -0.1) is 23.7 Å². The number of nitrogens with zero attached hydrogens (tertiary/aromatic N) is 5. The van der Waals surface area contributed by atoms with E-state index in [2.05, 4.69) is 43.0 Å². The zero-order valence-corrected chi connectivity index (χ0v) is 16.8. The summed E-state index contributed by atoms with van der Waals surface area (Å²) in [5, 5.41) is 3.23. The van der Waals surface area contributed by atoms with Crippen molar-refractivity contribution in [2.75, 3.05) is 44.2 Å². The molecule has 0 radical (unpaired) electrons. The lowest BCUT2D eigenvalue weighted by molar-refractivity contribution is -0.132. The molecule has 4 rings (SSSR count). The van der Waals surface area contributed by atoms with Gasteiger partial charge in [0, 0.05) is 51.7 Å². The second-order valence-electron chi connectivity index (χ2n) is 6.99. The maximum absolute atomic E-state index is 12.4. The molecule has 142 valence electrons. The normalized spacial score (nSPS) is 21.2. The Labute approximate surface area is 164 Å². The van der Waals surface area contributed by atoms with Crippen LogP contribution in [-0.2, 0) is 4.79 Å². The van der Waals surface area contributed by atoms with E-state index in [4.69, 9.17) is 0 Å². The van der Waals surface area contributed by atoms with Gasteiger partial charge >= 0.3 is 0 Å². The highest BCUT2D eigenvalue weighted by Gasteiger charge is 2.26. The maximum atomic E-state index is 12.4. The molecular weight excluding hydrogens is 370 g/mol. The number of carbonyl (C=O) groups excluding carboxylic acids is 1. The van der Waals surface area contributed by atoms with Gasteiger partial charge in [0.05, 0.1) is 5.39 Å². The average molecular weight is 396 g/mol. The van der Waals surface area contributed by atoms with Gasteiger partial charge in [0.25, 0.3) is 0 Å². The Kier molecular flexibility index (Phi) is 6.32. The summed E-state index contributed by atoms with van der Waals surface area (Å²) in [6.45, 7) is 7.85. The van der Waals surface area contributed by atoms with E-state index < -0.39 is 0 Å². The number of anilines is 1. The van der Waals surface area contributed by atoms with Crippen LogP contribution in [0.1, 0.15) is 26.2 Å². The zero-order valence-electron chi connectivity index (χ0n) is 15.1. The van der Waals surface area contributed by atoms with Gasteiger partial charge in [-0.2, -0.15) is 0 Å². The van der Waals surface area contributed by atoms with Gasteiger partial charge in [-0.05, 0) is 31.2 Å². The molecule has 2 aromatic rings. The van der Waals surface area contributed by atoms with Crippen molar-refractivity contribution in [3.63, 3.8) is 0 Å². The van der Waals surface area contributed by atoms with E-state index in [0.717, 1.165) is 68.1 Å². The van der Waals surface area contributed by atoms with Crippen LogP contribution in [0.4, 0.5) is 5.82 Å². The van der Waals surface area contributed by atoms with Gasteiger partial charge in [-0.3, -0.25) is 9.69 Å². The van der Waals surface area contributed by atoms with Crippen molar-refractivity contribution >= 4 is 45.7 Å². The third-order valence-electron chi connectivity index (χ3n) is 5.43. The lowest BCUT2D eigenvalue weighted by atomic mass is 10.2. The molecule has 0 spiro atoms. The summed E-state index contributed by atoms with van der Waals surface area (Å²) in [7, 11) is 0. The fourth-order valence-corrected chi connectivity index (χ4v) is 4.64. The molecule has 0 bridgehead atoms. The molecule has 2 aliphatic heterocycles. The van der Waals surface area contributed by atoms with E-state index in [9.17, 15) is 4.79 Å². The largest absolute Gasteiger partial charge is 0.353 e. The summed E-state index contributed by atoms with van der Waals surface area (Å²) in [6, 6.07) is 2.53. The third kappa shape index (κ3) is 3.94. The Bertz CT molecular complexity index is 746. The second kappa shape index (κ2) is 8.50. The number of amides is 1. The van der Waals surface area contributed by atoms with E-state index in [1.807, 2.05) is 0 Å². The number of hydrogen-bond donors (Lipinski definition) is 0. The lowest BCUT2D eigenvalue weighted by Gasteiger charge is -2.35. The molecule has 6 nitrogen and oxygen atoms in total. The number of hydrogen-bond acceptors (Lipinski definition) is 6. The molecule has 4 heterocycles. The zero-order chi connectivity index (χ0) is 17.2. The van der Waals surface area contributed by atoms with Crippen molar-refractivity contribution in [1.29, 1.82) is 0 Å². The van der Waals surface area contributed by atoms with Crippen molar-refractivity contribution in [3.05, 3.63) is 17.8 Å². The molecule has 2 aliphatic rings. The van der Waals surface area contributed by atoms with Crippen LogP contribution >= 0.6 is 23.7 Å². The van der Waals surface area contributed by atoms with Gasteiger partial charge in [-0.25, -0.2) is 9.97 Å². The second-order valence-corrected chi connectivity index (χ2v) is 7.89. The first kappa shape index (κ1) is 19.3. The van der Waals surface area contributed by atoms with E-state index >= 15 is 0 Å². The van der Waals surface area contributed by atoms with Crippen LogP contribution in [0.15, 0.2) is 17.8 Å². The summed E-state index contributed by atoms with van der Waals surface area (Å²) in [4.78, 5) is 29.1. The van der Waals surface area contributed by atoms with E-state index in [1.165, 1.54) is 0 Å². The molecule has 0 saturated carbocycles. The Hall–Kier alpha value is -1.44. The summed E-state index contributed by atoms with van der Waals surface area (Å²) in [5.74, 6) is 1.37. The summed E-state index contributed by atoms with van der Waals surface area (Å²) in [6.07, 6.45) is 4.62. The highest BCUT2D eigenvalue weighted by Crippen LogP contribution is 2.27. The number of piperazine rings is 1. The van der Waals surface area contributed by atoms with Crippen molar-refractivity contribution < 1.29 is 4.79 Å². The van der Waals surface area contributed by atoms with Crippen molar-refractivity contribution in [2.45, 2.75) is 32.2 Å². The smallest absolute Gasteiger partial charge is 0.224 e. The number of thiophene rings is 1. The molecular formula is C18H26ClN5OS. The number of aromatic nitrogens is 2. The molecule has 8 heteroatoms. The van der Waals surface area contributed by atoms with Crippen molar-refractivity contribution in [3.8, 4) is 0 Å². The average Bonchev–Trinajstić information content (AvgIpc) is 3.28. The van der Waals surface area contributed by atoms with Gasteiger partial charge < -0.3 is 9.80 Å². The Morgan fingerprint density at radius 2 is 2.04 bits per heavy atom. The molecule has 2 aromatic heterocycles. The van der Waals surface area contributed by atoms with Crippen molar-refractivity contribution in [1.82, 2.24) is 19.8 Å². The monoisotopic (exact) mass is 395 g/mol. The number of rotatable bonds is 4. The maximum Gasteiger partial charge on any atom is 0.224 e. The minimum atomic E-state index is 0. The van der Waals surface area contributed by atoms with Crippen LogP contribution in [0.2, 0.25) is 0 Å². The standard InChI is InChI=1S/C18H25N5OS.ClH/c1-14-3-2-6-23(14)16(24)4-7-21-8-10-22(11-9-21)17-15-5-12-25-18(15)20-13-19-17;/h5,12-14H,2-4,6-11H2,1H3;1H. The van der Waals surface area contributed by atoms with Crippen molar-refractivity contribution in [2.24, 2.45) is 0 Å². The molecule has 0 aliphatic carbocycles. The molecule has 2 saturated heterocycles. The van der Waals surface area contributed by atoms with Crippen LogP contribution in [0, 0.1) is 0 Å². The Balaban J connectivity index is 0.00000196. The number of halogens is 1. The summed E-state index contributed by atoms with van der Waals surface area (Å²) >= 11 is 1.66.